The lowest BCUT2D eigenvalue weighted by Crippen LogP contribution is -2.32. The van der Waals surface area contributed by atoms with Crippen LogP contribution in [0.4, 0.5) is 52.6 Å². The molecule has 5 amide bonds. The SMILES string of the molecule is C#CC(C)Oc1cc(N2C(=O)C3=C(CCCC3)C2=O)c(F)cc1Cl.CN(C)C(=O)Nc1cccc(C(F)(F)F)c1.O=C1C(Cl)C(CCl)CN1c1cccc(C(F)(F)F)c1. The number of benzene rings is 3. The van der Waals surface area contributed by atoms with Crippen molar-refractivity contribution < 1.29 is 54.6 Å². The summed E-state index contributed by atoms with van der Waals surface area (Å²) in [7, 11) is 3.01. The van der Waals surface area contributed by atoms with E-state index in [-0.39, 0.29) is 46.2 Å². The highest BCUT2D eigenvalue weighted by Gasteiger charge is 2.42. The topological polar surface area (TPSA) is 99.3 Å². The van der Waals surface area contributed by atoms with Crippen molar-refractivity contribution in [3.63, 3.8) is 0 Å². The molecule has 0 radical (unpaired) electrons. The fourth-order valence-electron chi connectivity index (χ4n) is 5.95. The Labute approximate surface area is 350 Å². The van der Waals surface area contributed by atoms with E-state index in [1.165, 1.54) is 54.2 Å². The Morgan fingerprint density at radius 3 is 2.02 bits per heavy atom. The molecule has 3 aromatic rings. The number of urea groups is 1. The van der Waals surface area contributed by atoms with E-state index in [0.29, 0.717) is 24.0 Å². The second kappa shape index (κ2) is 19.4. The monoisotopic (exact) mass is 890 g/mol. The molecule has 2 heterocycles. The summed E-state index contributed by atoms with van der Waals surface area (Å²) in [6, 6.07) is 10.9. The number of carbonyl (C=O) groups excluding carboxylic acids is 4. The summed E-state index contributed by atoms with van der Waals surface area (Å²) in [5.41, 5.74) is -0.461. The molecular weight excluding hydrogens is 856 g/mol. The average Bonchev–Trinajstić information content (AvgIpc) is 3.62. The van der Waals surface area contributed by atoms with E-state index < -0.39 is 64.5 Å². The third-order valence-corrected chi connectivity index (χ3v) is 10.3. The molecule has 2 aliphatic heterocycles. The number of carbonyl (C=O) groups is 4. The Hall–Kier alpha value is -4.98. The van der Waals surface area contributed by atoms with E-state index in [9.17, 15) is 49.9 Å². The van der Waals surface area contributed by atoms with Gasteiger partial charge in [0.25, 0.3) is 11.8 Å². The van der Waals surface area contributed by atoms with E-state index in [2.05, 4.69) is 11.2 Å². The number of nitrogens with one attached hydrogen (secondary N) is 1. The molecule has 316 valence electrons. The summed E-state index contributed by atoms with van der Waals surface area (Å²) in [5.74, 6) is 0.328. The van der Waals surface area contributed by atoms with Gasteiger partial charge in [-0.05, 0) is 75.1 Å². The van der Waals surface area contributed by atoms with E-state index in [0.717, 1.165) is 48.1 Å². The van der Waals surface area contributed by atoms with Crippen molar-refractivity contribution in [1.82, 2.24) is 4.90 Å². The predicted octanol–water partition coefficient (Wildman–Crippen LogP) is 9.94. The van der Waals surface area contributed by atoms with E-state index in [1.807, 2.05) is 0 Å². The molecule has 3 atom stereocenters. The van der Waals surface area contributed by atoms with Gasteiger partial charge in [-0.15, -0.1) is 29.6 Å². The lowest BCUT2D eigenvalue weighted by molar-refractivity contribution is -0.138. The molecule has 19 heteroatoms. The van der Waals surface area contributed by atoms with Gasteiger partial charge in [-0.2, -0.15) is 26.3 Å². The zero-order valence-corrected chi connectivity index (χ0v) is 33.8. The first kappa shape index (κ1) is 46.7. The average molecular weight is 892 g/mol. The minimum absolute atomic E-state index is 0.0233. The van der Waals surface area contributed by atoms with Crippen molar-refractivity contribution in [3.8, 4) is 18.1 Å². The van der Waals surface area contributed by atoms with Crippen molar-refractivity contribution >= 4 is 75.6 Å². The Morgan fingerprint density at radius 2 is 1.51 bits per heavy atom. The van der Waals surface area contributed by atoms with Crippen LogP contribution in [0.1, 0.15) is 43.7 Å². The van der Waals surface area contributed by atoms with E-state index in [4.69, 9.17) is 46.0 Å². The van der Waals surface area contributed by atoms with Crippen molar-refractivity contribution in [2.75, 3.05) is 41.6 Å². The Balaban J connectivity index is 0.000000200. The van der Waals surface area contributed by atoms with Gasteiger partial charge in [0.05, 0.1) is 21.8 Å². The third-order valence-electron chi connectivity index (χ3n) is 9.03. The fraction of sp³-hybridized carbons (Fsp3) is 0.350. The Morgan fingerprint density at radius 1 is 0.949 bits per heavy atom. The molecule has 0 bridgehead atoms. The van der Waals surface area contributed by atoms with Gasteiger partial charge in [-0.3, -0.25) is 14.4 Å². The number of halogens is 10. The van der Waals surface area contributed by atoms with Gasteiger partial charge < -0.3 is 19.9 Å². The molecule has 6 rings (SSSR count). The second-order valence-electron chi connectivity index (χ2n) is 13.5. The number of alkyl halides is 8. The van der Waals surface area contributed by atoms with Crippen LogP contribution in [0.5, 0.6) is 5.75 Å². The number of hydrogen-bond acceptors (Lipinski definition) is 5. The minimum atomic E-state index is -4.44. The highest BCUT2D eigenvalue weighted by atomic mass is 35.5. The van der Waals surface area contributed by atoms with Gasteiger partial charge in [-0.1, -0.05) is 29.7 Å². The van der Waals surface area contributed by atoms with Crippen LogP contribution in [0, 0.1) is 24.1 Å². The lowest BCUT2D eigenvalue weighted by atomic mass is 9.93. The van der Waals surface area contributed by atoms with Crippen LogP contribution in [0.25, 0.3) is 0 Å². The summed E-state index contributed by atoms with van der Waals surface area (Å²) >= 11 is 17.6. The molecule has 1 N–H and O–H groups in total. The van der Waals surface area contributed by atoms with Gasteiger partial charge in [0, 0.05) is 61.0 Å². The van der Waals surface area contributed by atoms with Crippen LogP contribution in [-0.2, 0) is 26.7 Å². The highest BCUT2D eigenvalue weighted by Crippen LogP contribution is 2.40. The molecule has 0 saturated carbocycles. The third kappa shape index (κ3) is 11.4. The van der Waals surface area contributed by atoms with Crippen molar-refractivity contribution in [2.45, 2.75) is 56.4 Å². The number of amides is 5. The molecule has 0 aromatic heterocycles. The first-order valence-corrected chi connectivity index (χ1v) is 19.0. The molecule has 59 heavy (non-hydrogen) atoms. The highest BCUT2D eigenvalue weighted by molar-refractivity contribution is 6.35. The Bertz CT molecular complexity index is 2130. The molecule has 3 aliphatic rings. The molecule has 0 spiro atoms. The van der Waals surface area contributed by atoms with Gasteiger partial charge >= 0.3 is 18.4 Å². The number of anilines is 3. The number of ether oxygens (including phenoxy) is 1. The summed E-state index contributed by atoms with van der Waals surface area (Å²) in [5, 5.41) is 1.58. The maximum atomic E-state index is 14.4. The smallest absolute Gasteiger partial charge is 0.416 e. The number of imide groups is 1. The lowest BCUT2D eigenvalue weighted by Gasteiger charge is -2.19. The summed E-state index contributed by atoms with van der Waals surface area (Å²) in [4.78, 5) is 51.6. The summed E-state index contributed by atoms with van der Waals surface area (Å²) in [6.45, 7) is 1.86. The quantitative estimate of drug-likeness (QED) is 0.115. The van der Waals surface area contributed by atoms with E-state index in [1.54, 1.807) is 6.92 Å². The van der Waals surface area contributed by atoms with E-state index >= 15 is 0 Å². The van der Waals surface area contributed by atoms with Crippen LogP contribution >= 0.6 is 34.8 Å². The zero-order chi connectivity index (χ0) is 44.0. The van der Waals surface area contributed by atoms with Crippen molar-refractivity contribution in [3.05, 3.63) is 93.8 Å². The number of nitrogens with zero attached hydrogens (tertiary/aromatic N) is 3. The number of rotatable bonds is 6. The van der Waals surface area contributed by atoms with Gasteiger partial charge in [-0.25, -0.2) is 14.1 Å². The zero-order valence-electron chi connectivity index (χ0n) is 31.5. The first-order valence-electron chi connectivity index (χ1n) is 17.7. The standard InChI is InChI=1S/C18H15ClFNO3.C12H10Cl2F3NO.C10H11F3N2O/c1-3-10(2)24-16-9-15(14(20)8-13(16)19)21-17(22)11-6-4-5-7-12(11)18(21)23;13-5-7-6-18(11(19)10(7)14)9-3-1-2-8(4-9)12(15,16)17;1-15(2)9(16)14-8-5-3-4-7(6-8)10(11,12)13/h1,8-10H,4-7H2,2H3;1-4,7,10H,5-6H2;3-6H,1-2H3,(H,14,16). The normalized spacial score (nSPS) is 18.3. The van der Waals surface area contributed by atoms with Gasteiger partial charge in [0.15, 0.2) is 6.10 Å². The fourth-order valence-corrected chi connectivity index (χ4v) is 6.80. The first-order chi connectivity index (χ1) is 27.6. The molecular formula is C40H36Cl3F7N4O5. The minimum Gasteiger partial charge on any atom is -0.476 e. The molecule has 1 saturated heterocycles. The van der Waals surface area contributed by atoms with Crippen LogP contribution in [0.3, 0.4) is 0 Å². The van der Waals surface area contributed by atoms with Crippen LogP contribution < -0.4 is 19.9 Å². The van der Waals surface area contributed by atoms with Gasteiger partial charge in [0.2, 0.25) is 5.91 Å². The molecule has 3 unspecified atom stereocenters. The second-order valence-corrected chi connectivity index (χ2v) is 14.7. The maximum Gasteiger partial charge on any atom is 0.416 e. The summed E-state index contributed by atoms with van der Waals surface area (Å²) in [6.07, 6.45) is -1.37. The summed E-state index contributed by atoms with van der Waals surface area (Å²) < 4.78 is 94.7. The van der Waals surface area contributed by atoms with Crippen molar-refractivity contribution in [1.29, 1.82) is 0 Å². The van der Waals surface area contributed by atoms with Gasteiger partial charge in [0.1, 0.15) is 16.9 Å². The van der Waals surface area contributed by atoms with Crippen LogP contribution in [0.15, 0.2) is 71.8 Å². The molecule has 1 aliphatic carbocycles. The molecule has 3 aromatic carbocycles. The molecule has 9 nitrogen and oxygen atoms in total. The van der Waals surface area contributed by atoms with Crippen LogP contribution in [0.2, 0.25) is 5.02 Å². The number of terminal acetylenes is 1. The Kier molecular flexibility index (Phi) is 15.4. The maximum absolute atomic E-state index is 14.4. The predicted molar refractivity (Wildman–Crippen MR) is 210 cm³/mol. The van der Waals surface area contributed by atoms with Crippen molar-refractivity contribution in [2.24, 2.45) is 5.92 Å². The van der Waals surface area contributed by atoms with Crippen LogP contribution in [-0.4, -0.2) is 66.7 Å². The largest absolute Gasteiger partial charge is 0.476 e. The number of hydrogen-bond donors (Lipinski definition) is 1. The molecule has 1 fully saturated rings.